The maximum Gasteiger partial charge on any atom is 0.276 e. The molecule has 1 unspecified atom stereocenters. The number of carbonyl (C=O) groups excluding carboxylic acids is 1. The molecule has 9 nitrogen and oxygen atoms in total. The molecule has 146 valence electrons. The number of anilines is 2. The average molecular weight is 401 g/mol. The lowest BCUT2D eigenvalue weighted by Gasteiger charge is -2.09. The lowest BCUT2D eigenvalue weighted by atomic mass is 10.2. The lowest BCUT2D eigenvalue weighted by molar-refractivity contribution is 0.102. The quantitative estimate of drug-likeness (QED) is 0.675. The van der Waals surface area contributed by atoms with E-state index in [-0.39, 0.29) is 17.2 Å². The highest BCUT2D eigenvalue weighted by molar-refractivity contribution is 7.91. The summed E-state index contributed by atoms with van der Waals surface area (Å²) >= 11 is 0. The van der Waals surface area contributed by atoms with E-state index in [1.54, 1.807) is 42.1 Å². The standard InChI is InChI=1S/C18H19N5O4S/c1-23-15-9-11(21-17(24)16-14(19)3-2-7-20-16)4-5-13(15)18(22-23)27-12-6-8-28(25,26)10-12/h2-5,7,9,12H,6,8,10,19H2,1H3,(H,21,24). The molecular formula is C18H19N5O4S. The molecule has 0 aliphatic carbocycles. The molecule has 3 aromatic rings. The Morgan fingerprint density at radius 3 is 2.89 bits per heavy atom. The Morgan fingerprint density at radius 1 is 1.36 bits per heavy atom. The first kappa shape index (κ1) is 18.2. The molecule has 1 aliphatic rings. The van der Waals surface area contributed by atoms with Crippen LogP contribution in [0.1, 0.15) is 16.9 Å². The lowest BCUT2D eigenvalue weighted by Crippen LogP contribution is -2.18. The Labute approximate surface area is 161 Å². The molecule has 3 N–H and O–H groups in total. The van der Waals surface area contributed by atoms with Gasteiger partial charge in [-0.05, 0) is 36.8 Å². The number of nitrogens with one attached hydrogen (secondary N) is 1. The van der Waals surface area contributed by atoms with Crippen LogP contribution in [0.2, 0.25) is 0 Å². The third kappa shape index (κ3) is 3.50. The molecule has 3 heterocycles. The van der Waals surface area contributed by atoms with Crippen molar-refractivity contribution in [2.75, 3.05) is 22.6 Å². The van der Waals surface area contributed by atoms with Gasteiger partial charge in [0.2, 0.25) is 5.88 Å². The summed E-state index contributed by atoms with van der Waals surface area (Å²) < 4.78 is 30.7. The van der Waals surface area contributed by atoms with Crippen LogP contribution in [0.5, 0.6) is 5.88 Å². The van der Waals surface area contributed by atoms with Crippen LogP contribution in [0.25, 0.3) is 10.9 Å². The molecule has 1 atom stereocenters. The van der Waals surface area contributed by atoms with E-state index in [0.717, 1.165) is 10.9 Å². The van der Waals surface area contributed by atoms with Gasteiger partial charge < -0.3 is 15.8 Å². The summed E-state index contributed by atoms with van der Waals surface area (Å²) in [5.74, 6) is 0.110. The first-order valence-electron chi connectivity index (χ1n) is 8.68. The van der Waals surface area contributed by atoms with E-state index in [4.69, 9.17) is 10.5 Å². The second-order valence-electron chi connectivity index (χ2n) is 6.70. The number of pyridine rings is 1. The number of nitrogens with two attached hydrogens (primary N) is 1. The van der Waals surface area contributed by atoms with Crippen LogP contribution in [0.3, 0.4) is 0 Å². The Morgan fingerprint density at radius 2 is 2.18 bits per heavy atom. The van der Waals surface area contributed by atoms with E-state index in [0.29, 0.717) is 23.7 Å². The van der Waals surface area contributed by atoms with Gasteiger partial charge in [0.05, 0.1) is 28.1 Å². The van der Waals surface area contributed by atoms with Crippen molar-refractivity contribution in [2.24, 2.45) is 7.05 Å². The predicted octanol–water partition coefficient (Wildman–Crippen LogP) is 1.37. The van der Waals surface area contributed by atoms with Crippen molar-refractivity contribution >= 4 is 38.0 Å². The number of nitrogens with zero attached hydrogens (tertiary/aromatic N) is 3. The number of sulfone groups is 1. The highest BCUT2D eigenvalue weighted by atomic mass is 32.2. The van der Waals surface area contributed by atoms with E-state index < -0.39 is 21.8 Å². The van der Waals surface area contributed by atoms with Gasteiger partial charge >= 0.3 is 0 Å². The number of aromatic nitrogens is 3. The van der Waals surface area contributed by atoms with Crippen LogP contribution >= 0.6 is 0 Å². The van der Waals surface area contributed by atoms with Crippen LogP contribution in [-0.2, 0) is 16.9 Å². The third-order valence-electron chi connectivity index (χ3n) is 4.60. The first-order valence-corrected chi connectivity index (χ1v) is 10.5. The number of benzene rings is 1. The molecule has 1 aromatic carbocycles. The van der Waals surface area contributed by atoms with Crippen molar-refractivity contribution in [2.45, 2.75) is 12.5 Å². The van der Waals surface area contributed by atoms with E-state index in [9.17, 15) is 13.2 Å². The summed E-state index contributed by atoms with van der Waals surface area (Å²) in [7, 11) is -1.28. The maximum absolute atomic E-state index is 12.4. The smallest absolute Gasteiger partial charge is 0.276 e. The molecule has 0 bridgehead atoms. The van der Waals surface area contributed by atoms with Crippen LogP contribution in [-0.4, -0.2) is 46.7 Å². The number of nitrogen functional groups attached to an aromatic ring is 1. The molecule has 1 amide bonds. The molecule has 1 fully saturated rings. The van der Waals surface area contributed by atoms with Crippen LogP contribution < -0.4 is 15.8 Å². The Kier molecular flexibility index (Phi) is 4.42. The minimum atomic E-state index is -3.04. The van der Waals surface area contributed by atoms with Gasteiger partial charge in [-0.25, -0.2) is 13.4 Å². The highest BCUT2D eigenvalue weighted by Gasteiger charge is 2.30. The Bertz CT molecular complexity index is 1170. The van der Waals surface area contributed by atoms with Crippen molar-refractivity contribution < 1.29 is 17.9 Å². The molecular weight excluding hydrogens is 382 g/mol. The SMILES string of the molecule is Cn1nc(OC2CCS(=O)(=O)C2)c2ccc(NC(=O)c3ncccc3N)cc21. The highest BCUT2D eigenvalue weighted by Crippen LogP contribution is 2.29. The van der Waals surface area contributed by atoms with Crippen molar-refractivity contribution in [1.82, 2.24) is 14.8 Å². The number of hydrogen-bond acceptors (Lipinski definition) is 7. The van der Waals surface area contributed by atoms with E-state index in [2.05, 4.69) is 15.4 Å². The van der Waals surface area contributed by atoms with Crippen molar-refractivity contribution in [3.8, 4) is 5.88 Å². The fourth-order valence-electron chi connectivity index (χ4n) is 3.20. The fourth-order valence-corrected chi connectivity index (χ4v) is 4.79. The minimum absolute atomic E-state index is 0.00467. The van der Waals surface area contributed by atoms with Crippen molar-refractivity contribution in [3.63, 3.8) is 0 Å². The predicted molar refractivity (Wildman–Crippen MR) is 105 cm³/mol. The molecule has 1 aliphatic heterocycles. The largest absolute Gasteiger partial charge is 0.472 e. The van der Waals surface area contributed by atoms with Gasteiger partial charge in [0.15, 0.2) is 15.5 Å². The molecule has 0 saturated carbocycles. The van der Waals surface area contributed by atoms with Gasteiger partial charge in [0, 0.05) is 18.9 Å². The van der Waals surface area contributed by atoms with E-state index in [1.165, 1.54) is 6.20 Å². The summed E-state index contributed by atoms with van der Waals surface area (Å²) in [6.45, 7) is 0. The second-order valence-corrected chi connectivity index (χ2v) is 8.93. The molecule has 0 radical (unpaired) electrons. The molecule has 28 heavy (non-hydrogen) atoms. The normalized spacial score (nSPS) is 18.2. The third-order valence-corrected chi connectivity index (χ3v) is 6.34. The van der Waals surface area contributed by atoms with Crippen molar-refractivity contribution in [1.29, 1.82) is 0 Å². The molecule has 1 saturated heterocycles. The van der Waals surface area contributed by atoms with Crippen LogP contribution in [0.4, 0.5) is 11.4 Å². The fraction of sp³-hybridized carbons (Fsp3) is 0.278. The van der Waals surface area contributed by atoms with E-state index >= 15 is 0 Å². The van der Waals surface area contributed by atoms with Gasteiger partial charge in [-0.3, -0.25) is 9.48 Å². The topological polar surface area (TPSA) is 129 Å². The van der Waals surface area contributed by atoms with Crippen LogP contribution in [0.15, 0.2) is 36.5 Å². The zero-order valence-corrected chi connectivity index (χ0v) is 15.9. The minimum Gasteiger partial charge on any atom is -0.472 e. The van der Waals surface area contributed by atoms with Crippen molar-refractivity contribution in [3.05, 3.63) is 42.2 Å². The maximum atomic E-state index is 12.4. The second kappa shape index (κ2) is 6.79. The van der Waals surface area contributed by atoms with Gasteiger partial charge in [-0.15, -0.1) is 5.10 Å². The molecule has 0 spiro atoms. The van der Waals surface area contributed by atoms with Crippen LogP contribution in [0, 0.1) is 0 Å². The zero-order chi connectivity index (χ0) is 19.9. The number of aryl methyl sites for hydroxylation is 1. The summed E-state index contributed by atoms with van der Waals surface area (Å²) in [5, 5.41) is 7.86. The summed E-state index contributed by atoms with van der Waals surface area (Å²) in [6.07, 6.45) is 1.57. The average Bonchev–Trinajstić information content (AvgIpc) is 3.14. The molecule has 4 rings (SSSR count). The number of ether oxygens (including phenoxy) is 1. The Hall–Kier alpha value is -3.14. The zero-order valence-electron chi connectivity index (χ0n) is 15.1. The van der Waals surface area contributed by atoms with Gasteiger partial charge in [-0.2, -0.15) is 0 Å². The molecule has 10 heteroatoms. The van der Waals surface area contributed by atoms with Gasteiger partial charge in [0.1, 0.15) is 6.10 Å². The number of carbonyl (C=O) groups is 1. The van der Waals surface area contributed by atoms with Gasteiger partial charge in [-0.1, -0.05) is 0 Å². The summed E-state index contributed by atoms with van der Waals surface area (Å²) in [4.78, 5) is 16.4. The number of rotatable bonds is 4. The Balaban J connectivity index is 1.57. The summed E-state index contributed by atoms with van der Waals surface area (Å²) in [5.41, 5.74) is 7.53. The summed E-state index contributed by atoms with van der Waals surface area (Å²) in [6, 6.07) is 8.53. The number of amides is 1. The molecule has 2 aromatic heterocycles. The van der Waals surface area contributed by atoms with Gasteiger partial charge in [0.25, 0.3) is 5.91 Å². The first-order chi connectivity index (χ1) is 13.3. The monoisotopic (exact) mass is 401 g/mol. The number of fused-ring (bicyclic) bond motifs is 1. The number of hydrogen-bond donors (Lipinski definition) is 2. The van der Waals surface area contributed by atoms with E-state index in [1.807, 2.05) is 0 Å².